The molecule has 4 rings (SSSR count). The lowest BCUT2D eigenvalue weighted by molar-refractivity contribution is -0.143. The van der Waals surface area contributed by atoms with Gasteiger partial charge >= 0.3 is 0 Å². The second-order valence-corrected chi connectivity index (χ2v) is 10.8. The summed E-state index contributed by atoms with van der Waals surface area (Å²) in [6.45, 7) is -0.386. The number of nitrogens with zero attached hydrogens (tertiary/aromatic N) is 1. The maximum Gasteiger partial charge on any atom is 0.261 e. The molecule has 1 fully saturated rings. The van der Waals surface area contributed by atoms with Gasteiger partial charge < -0.3 is 15.0 Å². The van der Waals surface area contributed by atoms with Gasteiger partial charge in [0.2, 0.25) is 5.91 Å². The van der Waals surface area contributed by atoms with Crippen molar-refractivity contribution in [1.29, 1.82) is 0 Å². The summed E-state index contributed by atoms with van der Waals surface area (Å²) in [6, 6.07) is 20.1. The lowest BCUT2D eigenvalue weighted by Crippen LogP contribution is -2.53. The van der Waals surface area contributed by atoms with E-state index in [-0.39, 0.29) is 25.1 Å². The van der Waals surface area contributed by atoms with E-state index in [4.69, 9.17) is 16.3 Å². The molecular weight excluding hydrogens is 571 g/mol. The standard InChI is InChI=1S/C30H31BrClFN2O3/c31-25-18-23(32)15-16-28(25)38-20-29(36)35(19-22-11-7-8-14-26(22)33)27(17-21-9-3-1-4-10-21)30(37)34-24-12-5-2-6-13-24/h1,3-4,7-11,14-16,18,24,27H,2,5-6,12-13,17,19-20H2,(H,34,37)/t27-/m0/s1. The quantitative estimate of drug-likeness (QED) is 0.281. The first-order chi connectivity index (χ1) is 18.4. The van der Waals surface area contributed by atoms with Crippen LogP contribution in [-0.2, 0) is 22.6 Å². The minimum absolute atomic E-state index is 0.0633. The van der Waals surface area contributed by atoms with Crippen molar-refractivity contribution in [3.63, 3.8) is 0 Å². The first-order valence-corrected chi connectivity index (χ1v) is 14.0. The number of hydrogen-bond acceptors (Lipinski definition) is 3. The molecule has 1 aliphatic carbocycles. The molecule has 3 aromatic carbocycles. The number of amides is 2. The van der Waals surface area contributed by atoms with Gasteiger partial charge in [-0.1, -0.05) is 79.4 Å². The Morgan fingerprint density at radius 3 is 2.45 bits per heavy atom. The van der Waals surface area contributed by atoms with Crippen LogP contribution in [0.5, 0.6) is 5.75 Å². The molecule has 0 heterocycles. The zero-order chi connectivity index (χ0) is 26.9. The second-order valence-electron chi connectivity index (χ2n) is 9.53. The Hall–Kier alpha value is -2.90. The molecule has 0 aliphatic heterocycles. The maximum atomic E-state index is 14.7. The van der Waals surface area contributed by atoms with E-state index in [0.717, 1.165) is 37.7 Å². The molecular formula is C30H31BrClFN2O3. The van der Waals surface area contributed by atoms with Crippen molar-refractivity contribution >= 4 is 39.3 Å². The summed E-state index contributed by atoms with van der Waals surface area (Å²) < 4.78 is 21.1. The normalized spacial score (nSPS) is 14.5. The van der Waals surface area contributed by atoms with Crippen LogP contribution in [0.1, 0.15) is 43.2 Å². The summed E-state index contributed by atoms with van der Waals surface area (Å²) in [7, 11) is 0. The topological polar surface area (TPSA) is 58.6 Å². The van der Waals surface area contributed by atoms with E-state index in [2.05, 4.69) is 21.2 Å². The minimum atomic E-state index is -0.844. The predicted octanol–water partition coefficient (Wildman–Crippen LogP) is 6.71. The summed E-state index contributed by atoms with van der Waals surface area (Å²) in [4.78, 5) is 28.9. The summed E-state index contributed by atoms with van der Waals surface area (Å²) in [5.74, 6) is -0.648. The van der Waals surface area contributed by atoms with Gasteiger partial charge in [0.05, 0.1) is 4.47 Å². The minimum Gasteiger partial charge on any atom is -0.483 e. The molecule has 0 saturated heterocycles. The molecule has 1 N–H and O–H groups in total. The Balaban J connectivity index is 1.62. The van der Waals surface area contributed by atoms with E-state index in [1.54, 1.807) is 36.4 Å². The molecule has 0 spiro atoms. The van der Waals surface area contributed by atoms with Crippen LogP contribution in [-0.4, -0.2) is 35.4 Å². The SMILES string of the molecule is O=C(NC1CCCCC1)[C@H](Cc1ccccc1)N(Cc1ccccc1F)C(=O)COc1ccc(Cl)cc1Br. The average molecular weight is 602 g/mol. The maximum absolute atomic E-state index is 14.7. The van der Waals surface area contributed by atoms with Gasteiger partial charge in [-0.3, -0.25) is 9.59 Å². The largest absolute Gasteiger partial charge is 0.483 e. The van der Waals surface area contributed by atoms with Crippen LogP contribution in [0.4, 0.5) is 4.39 Å². The molecule has 38 heavy (non-hydrogen) atoms. The van der Waals surface area contributed by atoms with Crippen molar-refractivity contribution in [3.8, 4) is 5.75 Å². The Morgan fingerprint density at radius 1 is 1.03 bits per heavy atom. The van der Waals surface area contributed by atoms with Crippen molar-refractivity contribution < 1.29 is 18.7 Å². The van der Waals surface area contributed by atoms with Crippen LogP contribution in [0.15, 0.2) is 77.3 Å². The Bertz CT molecular complexity index is 1240. The van der Waals surface area contributed by atoms with E-state index in [9.17, 15) is 14.0 Å². The Kier molecular flexibility index (Phi) is 10.2. The van der Waals surface area contributed by atoms with Crippen LogP contribution in [0.25, 0.3) is 0 Å². The summed E-state index contributed by atoms with van der Waals surface area (Å²) in [6.07, 6.45) is 5.42. The van der Waals surface area contributed by atoms with Crippen molar-refractivity contribution in [2.24, 2.45) is 0 Å². The number of rotatable bonds is 10. The fourth-order valence-electron chi connectivity index (χ4n) is 4.72. The molecule has 0 bridgehead atoms. The van der Waals surface area contributed by atoms with E-state index in [1.165, 1.54) is 11.0 Å². The summed E-state index contributed by atoms with van der Waals surface area (Å²) >= 11 is 9.43. The highest BCUT2D eigenvalue weighted by Gasteiger charge is 2.32. The number of carbonyl (C=O) groups is 2. The highest BCUT2D eigenvalue weighted by atomic mass is 79.9. The third kappa shape index (κ3) is 7.81. The smallest absolute Gasteiger partial charge is 0.261 e. The molecule has 8 heteroatoms. The van der Waals surface area contributed by atoms with E-state index in [1.807, 2.05) is 30.3 Å². The number of hydrogen-bond donors (Lipinski definition) is 1. The molecule has 3 aromatic rings. The van der Waals surface area contributed by atoms with Gasteiger partial charge in [-0.2, -0.15) is 0 Å². The third-order valence-electron chi connectivity index (χ3n) is 6.77. The monoisotopic (exact) mass is 600 g/mol. The van der Waals surface area contributed by atoms with Crippen LogP contribution in [0, 0.1) is 5.82 Å². The van der Waals surface area contributed by atoms with Gasteiger partial charge in [-0.15, -0.1) is 0 Å². The van der Waals surface area contributed by atoms with Crippen molar-refractivity contribution in [1.82, 2.24) is 10.2 Å². The van der Waals surface area contributed by atoms with Gasteiger partial charge in [0, 0.05) is 29.6 Å². The van der Waals surface area contributed by atoms with Crippen LogP contribution < -0.4 is 10.1 Å². The zero-order valence-corrected chi connectivity index (χ0v) is 23.4. The first-order valence-electron chi connectivity index (χ1n) is 12.9. The number of halogens is 3. The first kappa shape index (κ1) is 28.1. The number of carbonyl (C=O) groups excluding carboxylic acids is 2. The Morgan fingerprint density at radius 2 is 1.74 bits per heavy atom. The predicted molar refractivity (Wildman–Crippen MR) is 151 cm³/mol. The number of nitrogens with one attached hydrogen (secondary N) is 1. The lowest BCUT2D eigenvalue weighted by atomic mass is 9.94. The molecule has 2 amide bonds. The second kappa shape index (κ2) is 13.8. The fourth-order valence-corrected chi connectivity index (χ4v) is 5.52. The molecule has 1 atom stereocenters. The van der Waals surface area contributed by atoms with Crippen LogP contribution >= 0.6 is 27.5 Å². The summed E-state index contributed by atoms with van der Waals surface area (Å²) in [5, 5.41) is 3.70. The highest BCUT2D eigenvalue weighted by molar-refractivity contribution is 9.10. The van der Waals surface area contributed by atoms with E-state index in [0.29, 0.717) is 27.2 Å². The van der Waals surface area contributed by atoms with Gasteiger partial charge in [0.1, 0.15) is 17.6 Å². The van der Waals surface area contributed by atoms with E-state index >= 15 is 0 Å². The summed E-state index contributed by atoms with van der Waals surface area (Å²) in [5.41, 5.74) is 1.24. The highest BCUT2D eigenvalue weighted by Crippen LogP contribution is 2.28. The van der Waals surface area contributed by atoms with E-state index < -0.39 is 17.8 Å². The molecule has 0 unspecified atom stereocenters. The average Bonchev–Trinajstić information content (AvgIpc) is 2.92. The van der Waals surface area contributed by atoms with Gasteiger partial charge in [0.15, 0.2) is 6.61 Å². The number of ether oxygens (including phenoxy) is 1. The third-order valence-corrected chi connectivity index (χ3v) is 7.62. The molecule has 200 valence electrons. The van der Waals surface area contributed by atoms with Gasteiger partial charge in [-0.05, 0) is 58.6 Å². The van der Waals surface area contributed by atoms with Gasteiger partial charge in [-0.25, -0.2) is 4.39 Å². The molecule has 1 saturated carbocycles. The lowest BCUT2D eigenvalue weighted by Gasteiger charge is -2.33. The molecule has 5 nitrogen and oxygen atoms in total. The van der Waals surface area contributed by atoms with Crippen LogP contribution in [0.2, 0.25) is 5.02 Å². The Labute approximate surface area is 236 Å². The fraction of sp³-hybridized carbons (Fsp3) is 0.333. The van der Waals surface area contributed by atoms with Crippen LogP contribution in [0.3, 0.4) is 0 Å². The number of benzene rings is 3. The molecule has 0 radical (unpaired) electrons. The molecule has 0 aromatic heterocycles. The van der Waals surface area contributed by atoms with Gasteiger partial charge in [0.25, 0.3) is 5.91 Å². The van der Waals surface area contributed by atoms with Crippen molar-refractivity contribution in [3.05, 3.63) is 99.2 Å². The van der Waals surface area contributed by atoms with Crippen molar-refractivity contribution in [2.75, 3.05) is 6.61 Å². The van der Waals surface area contributed by atoms with Crippen molar-refractivity contribution in [2.45, 2.75) is 57.2 Å². The molecule has 1 aliphatic rings. The zero-order valence-electron chi connectivity index (χ0n) is 21.0.